The zero-order chi connectivity index (χ0) is 11.0. The number of hydrogen-bond acceptors (Lipinski definition) is 4. The van der Waals surface area contributed by atoms with Gasteiger partial charge < -0.3 is 9.84 Å². The van der Waals surface area contributed by atoms with E-state index in [4.69, 9.17) is 9.84 Å². The van der Waals surface area contributed by atoms with E-state index in [1.807, 2.05) is 0 Å². The number of fused-ring (bicyclic) bond motifs is 1. The van der Waals surface area contributed by atoms with Crippen LogP contribution in [0.5, 0.6) is 0 Å². The number of β-lactam (4-membered cyclic amide) rings is 1. The van der Waals surface area contributed by atoms with Crippen molar-refractivity contribution in [3.8, 4) is 0 Å². The predicted octanol–water partition coefficient (Wildman–Crippen LogP) is 0.277. The Morgan fingerprint density at radius 1 is 1.73 bits per heavy atom. The van der Waals surface area contributed by atoms with Crippen LogP contribution in [0.2, 0.25) is 0 Å². The van der Waals surface area contributed by atoms with Crippen molar-refractivity contribution < 1.29 is 19.4 Å². The van der Waals surface area contributed by atoms with Crippen molar-refractivity contribution in [1.82, 2.24) is 4.90 Å². The molecule has 2 heterocycles. The fraction of sp³-hybridized carbons (Fsp3) is 0.556. The van der Waals surface area contributed by atoms with Crippen molar-refractivity contribution in [3.63, 3.8) is 0 Å². The van der Waals surface area contributed by atoms with E-state index in [1.165, 1.54) is 12.0 Å². The minimum Gasteiger partial charge on any atom is -0.477 e. The number of carboxylic acids is 1. The van der Waals surface area contributed by atoms with Crippen molar-refractivity contribution >= 4 is 23.6 Å². The Kier molecular flexibility index (Phi) is 2.70. The number of nitrogens with zero attached hydrogens (tertiary/aromatic N) is 1. The molecule has 2 aliphatic rings. The van der Waals surface area contributed by atoms with Crippen LogP contribution in [0.25, 0.3) is 0 Å². The van der Waals surface area contributed by atoms with Crippen LogP contribution < -0.4 is 0 Å². The van der Waals surface area contributed by atoms with Gasteiger partial charge in [0.2, 0.25) is 5.91 Å². The molecule has 0 radical (unpaired) electrons. The van der Waals surface area contributed by atoms with Crippen LogP contribution in [0.15, 0.2) is 11.3 Å². The average molecular weight is 229 g/mol. The van der Waals surface area contributed by atoms with Gasteiger partial charge in [-0.1, -0.05) is 0 Å². The fourth-order valence-electron chi connectivity index (χ4n) is 1.76. The van der Waals surface area contributed by atoms with Crippen LogP contribution in [0.3, 0.4) is 0 Å². The second-order valence-electron chi connectivity index (χ2n) is 3.42. The maximum Gasteiger partial charge on any atom is 0.352 e. The minimum atomic E-state index is -1.04. The van der Waals surface area contributed by atoms with Gasteiger partial charge in [0, 0.05) is 12.9 Å². The number of carbonyl (C=O) groups excluding carboxylic acids is 1. The van der Waals surface area contributed by atoms with Crippen LogP contribution in [0.4, 0.5) is 0 Å². The van der Waals surface area contributed by atoms with E-state index in [0.29, 0.717) is 17.7 Å². The molecule has 0 bridgehead atoms. The van der Waals surface area contributed by atoms with Gasteiger partial charge in [0.05, 0.1) is 18.4 Å². The number of thioether (sulfide) groups is 1. The van der Waals surface area contributed by atoms with Crippen molar-refractivity contribution in [2.45, 2.75) is 11.8 Å². The van der Waals surface area contributed by atoms with Crippen molar-refractivity contribution in [2.75, 3.05) is 19.5 Å². The maximum atomic E-state index is 11.3. The topological polar surface area (TPSA) is 66.8 Å². The zero-order valence-electron chi connectivity index (χ0n) is 8.23. The summed E-state index contributed by atoms with van der Waals surface area (Å²) in [6, 6.07) is 0. The highest BCUT2D eigenvalue weighted by atomic mass is 32.2. The van der Waals surface area contributed by atoms with E-state index >= 15 is 0 Å². The first-order valence-electron chi connectivity index (χ1n) is 4.53. The zero-order valence-corrected chi connectivity index (χ0v) is 9.04. The molecular weight excluding hydrogens is 218 g/mol. The van der Waals surface area contributed by atoms with Gasteiger partial charge in [0.1, 0.15) is 5.70 Å². The van der Waals surface area contributed by atoms with Crippen molar-refractivity contribution in [3.05, 3.63) is 11.3 Å². The van der Waals surface area contributed by atoms with Gasteiger partial charge in [-0.15, -0.1) is 11.8 Å². The van der Waals surface area contributed by atoms with Gasteiger partial charge >= 0.3 is 5.97 Å². The summed E-state index contributed by atoms with van der Waals surface area (Å²) in [4.78, 5) is 23.7. The molecule has 1 atom stereocenters. The molecule has 0 aromatic carbocycles. The number of carbonyl (C=O) groups is 2. The largest absolute Gasteiger partial charge is 0.477 e. The van der Waals surface area contributed by atoms with Crippen molar-refractivity contribution in [2.24, 2.45) is 0 Å². The van der Waals surface area contributed by atoms with Gasteiger partial charge in [-0.3, -0.25) is 9.69 Å². The third kappa shape index (κ3) is 1.63. The Bertz CT molecular complexity index is 352. The molecule has 6 heteroatoms. The second kappa shape index (κ2) is 3.86. The molecule has 5 nitrogen and oxygen atoms in total. The lowest BCUT2D eigenvalue weighted by Crippen LogP contribution is -2.54. The maximum absolute atomic E-state index is 11.3. The molecule has 1 unspecified atom stereocenters. The first-order valence-corrected chi connectivity index (χ1v) is 5.58. The molecule has 0 aromatic heterocycles. The highest BCUT2D eigenvalue weighted by molar-refractivity contribution is 8.00. The van der Waals surface area contributed by atoms with Gasteiger partial charge in [-0.2, -0.15) is 0 Å². The van der Waals surface area contributed by atoms with Crippen LogP contribution in [0, 0.1) is 0 Å². The SMILES string of the molecule is COCC1=C(C(=O)O)N2C(=O)CC2SC1. The van der Waals surface area contributed by atoms with E-state index in [0.717, 1.165) is 0 Å². The van der Waals surface area contributed by atoms with E-state index in [1.54, 1.807) is 11.8 Å². The number of methoxy groups -OCH3 is 1. The van der Waals surface area contributed by atoms with Crippen LogP contribution in [-0.4, -0.2) is 46.7 Å². The summed E-state index contributed by atoms with van der Waals surface area (Å²) in [6.07, 6.45) is 0.446. The second-order valence-corrected chi connectivity index (χ2v) is 4.59. The van der Waals surface area contributed by atoms with E-state index in [-0.39, 0.29) is 23.6 Å². The smallest absolute Gasteiger partial charge is 0.352 e. The van der Waals surface area contributed by atoms with Crippen LogP contribution >= 0.6 is 11.8 Å². The van der Waals surface area contributed by atoms with E-state index in [9.17, 15) is 9.59 Å². The molecule has 82 valence electrons. The Morgan fingerprint density at radius 2 is 2.47 bits per heavy atom. The lowest BCUT2D eigenvalue weighted by molar-refractivity contribution is -0.146. The summed E-state index contributed by atoms with van der Waals surface area (Å²) in [5, 5.41) is 9.08. The summed E-state index contributed by atoms with van der Waals surface area (Å²) in [5.41, 5.74) is 0.802. The van der Waals surface area contributed by atoms with Gasteiger partial charge in [-0.25, -0.2) is 4.79 Å². The normalized spacial score (nSPS) is 25.0. The molecule has 1 N–H and O–H groups in total. The number of rotatable bonds is 3. The average Bonchev–Trinajstić information content (AvgIpc) is 2.18. The fourth-order valence-corrected chi connectivity index (χ4v) is 3.01. The van der Waals surface area contributed by atoms with Crippen LogP contribution in [-0.2, 0) is 14.3 Å². The lowest BCUT2D eigenvalue weighted by atomic mass is 10.1. The standard InChI is InChI=1S/C9H11NO4S/c1-14-3-5-4-15-7-2-6(11)10(7)8(5)9(12)13/h7H,2-4H2,1H3,(H,12,13). The Hall–Kier alpha value is -1.01. The molecule has 1 amide bonds. The molecule has 0 aliphatic carbocycles. The Balaban J connectivity index is 2.32. The first kappa shape index (κ1) is 10.5. The molecule has 1 saturated heterocycles. The van der Waals surface area contributed by atoms with Gasteiger partial charge in [0.25, 0.3) is 0 Å². The number of aliphatic carboxylic acids is 1. The lowest BCUT2D eigenvalue weighted by Gasteiger charge is -2.43. The monoisotopic (exact) mass is 229 g/mol. The summed E-state index contributed by atoms with van der Waals surface area (Å²) in [7, 11) is 1.52. The Labute approximate surface area is 91.1 Å². The highest BCUT2D eigenvalue weighted by Gasteiger charge is 2.45. The van der Waals surface area contributed by atoms with Crippen molar-refractivity contribution in [1.29, 1.82) is 0 Å². The summed E-state index contributed by atoms with van der Waals surface area (Å²) in [6.45, 7) is 0.269. The molecule has 2 aliphatic heterocycles. The highest BCUT2D eigenvalue weighted by Crippen LogP contribution is 2.39. The molecule has 15 heavy (non-hydrogen) atoms. The number of amides is 1. The third-order valence-corrected chi connectivity index (χ3v) is 3.73. The molecular formula is C9H11NO4S. The molecule has 0 aromatic rings. The predicted molar refractivity (Wildman–Crippen MR) is 54.2 cm³/mol. The van der Waals surface area contributed by atoms with Crippen LogP contribution in [0.1, 0.15) is 6.42 Å². The number of carboxylic acid groups (broad SMARTS) is 1. The molecule has 1 fully saturated rings. The molecule has 0 spiro atoms. The third-order valence-electron chi connectivity index (χ3n) is 2.45. The molecule has 2 rings (SSSR count). The minimum absolute atomic E-state index is 0.0178. The summed E-state index contributed by atoms with van der Waals surface area (Å²) >= 11 is 1.59. The van der Waals surface area contributed by atoms with E-state index in [2.05, 4.69) is 0 Å². The quantitative estimate of drug-likeness (QED) is 0.704. The summed E-state index contributed by atoms with van der Waals surface area (Å²) in [5.74, 6) is -0.525. The first-order chi connectivity index (χ1) is 7.15. The summed E-state index contributed by atoms with van der Waals surface area (Å²) < 4.78 is 4.93. The number of hydrogen-bond donors (Lipinski definition) is 1. The van der Waals surface area contributed by atoms with E-state index < -0.39 is 5.97 Å². The number of ether oxygens (including phenoxy) is 1. The molecule has 0 saturated carbocycles. The van der Waals surface area contributed by atoms with Gasteiger partial charge in [-0.05, 0) is 5.57 Å². The van der Waals surface area contributed by atoms with Gasteiger partial charge in [0.15, 0.2) is 0 Å². The Morgan fingerprint density at radius 3 is 3.00 bits per heavy atom.